The lowest BCUT2D eigenvalue weighted by molar-refractivity contribution is -0.174. The first-order valence-electron chi connectivity index (χ1n) is 2.86. The van der Waals surface area contributed by atoms with E-state index in [9.17, 15) is 17.6 Å². The van der Waals surface area contributed by atoms with Crippen LogP contribution in [-0.4, -0.2) is 12.3 Å². The summed E-state index contributed by atoms with van der Waals surface area (Å²) in [5, 5.41) is 0. The summed E-state index contributed by atoms with van der Waals surface area (Å²) in [5.74, 6) is 0. The van der Waals surface area contributed by atoms with Gasteiger partial charge >= 0.3 is 6.18 Å². The maximum atomic E-state index is 11.7. The van der Waals surface area contributed by atoms with E-state index in [1.54, 1.807) is 0 Å². The van der Waals surface area contributed by atoms with Crippen LogP contribution in [0.2, 0.25) is 0 Å². The predicted molar refractivity (Wildman–Crippen MR) is 16.6 cm³/mol. The average Bonchev–Trinajstić information content (AvgIpc) is 1.59. The number of hydrogen-bond donors (Lipinski definition) is 0. The Morgan fingerprint density at radius 1 is 1.57 bits per heavy atom. The molecule has 7 heavy (non-hydrogen) atoms. The molecule has 0 heterocycles. The molecule has 44 valence electrons. The summed E-state index contributed by atoms with van der Waals surface area (Å²) in [7, 11) is 0. The average molecular weight is 119 g/mol. The van der Waals surface area contributed by atoms with Gasteiger partial charge in [0.2, 0.25) is 0 Å². The molecule has 0 bridgehead atoms. The lowest BCUT2D eigenvalue weighted by Crippen LogP contribution is -2.20. The van der Waals surface area contributed by atoms with Crippen molar-refractivity contribution in [2.24, 2.45) is 0 Å². The Labute approximate surface area is 42.3 Å². The lowest BCUT2D eigenvalue weighted by atomic mass is 10.4. The molecule has 0 N–H and O–H groups in total. The quantitative estimate of drug-likeness (QED) is 0.427. The van der Waals surface area contributed by atoms with Crippen LogP contribution in [0.4, 0.5) is 17.6 Å². The highest BCUT2D eigenvalue weighted by molar-refractivity contribution is 4.56. The molecule has 0 aliphatic rings. The van der Waals surface area contributed by atoms with Crippen LogP contribution in [0.15, 0.2) is 0 Å². The van der Waals surface area contributed by atoms with Crippen LogP contribution < -0.4 is 0 Å². The topological polar surface area (TPSA) is 0 Å². The van der Waals surface area contributed by atoms with Crippen LogP contribution in [-0.2, 0) is 0 Å². The summed E-state index contributed by atoms with van der Waals surface area (Å²) in [6.45, 7) is -3.60. The fourth-order valence-corrected chi connectivity index (χ4v) is 0. The molecule has 0 nitrogen and oxygen atoms in total. The van der Waals surface area contributed by atoms with Gasteiger partial charge in [0.05, 0.1) is 0 Å². The van der Waals surface area contributed by atoms with E-state index < -0.39 is 19.2 Å². The Kier molecular flexibility index (Phi) is 0.692. The van der Waals surface area contributed by atoms with Crippen molar-refractivity contribution in [3.8, 4) is 0 Å². The van der Waals surface area contributed by atoms with E-state index in [1.165, 1.54) is 0 Å². The molecule has 0 amide bonds. The van der Waals surface area contributed by atoms with E-state index >= 15 is 0 Å². The van der Waals surface area contributed by atoms with E-state index in [0.29, 0.717) is 0 Å². The Morgan fingerprint density at radius 2 is 2.00 bits per heavy atom. The first-order valence-corrected chi connectivity index (χ1v) is 1.36. The standard InChI is InChI=1S/C3H4F4/c1-2(4)3(5,6)7/h2H,1H3/i1D3. The molecule has 0 aromatic rings. The van der Waals surface area contributed by atoms with Gasteiger partial charge in [-0.2, -0.15) is 13.2 Å². The van der Waals surface area contributed by atoms with Crippen molar-refractivity contribution < 1.29 is 21.7 Å². The third-order valence-electron chi connectivity index (χ3n) is 0.287. The Bertz CT molecular complexity index is 99.9. The van der Waals surface area contributed by atoms with Gasteiger partial charge in [-0.25, -0.2) is 4.39 Å². The maximum Gasteiger partial charge on any atom is 0.419 e. The van der Waals surface area contributed by atoms with Gasteiger partial charge in [0, 0.05) is 4.11 Å². The lowest BCUT2D eigenvalue weighted by Gasteiger charge is -2.04. The molecule has 0 spiro atoms. The summed E-state index contributed by atoms with van der Waals surface area (Å²) in [6, 6.07) is 0. The first kappa shape index (κ1) is 2.89. The van der Waals surface area contributed by atoms with Crippen molar-refractivity contribution in [2.75, 3.05) is 0 Å². The number of rotatable bonds is 0. The molecule has 1 atom stereocenters. The molecule has 0 saturated carbocycles. The fraction of sp³-hybridized carbons (Fsp3) is 1.00. The minimum atomic E-state index is -5.29. The zero-order valence-corrected chi connectivity index (χ0v) is 3.09. The molecule has 0 aliphatic carbocycles. The SMILES string of the molecule is [2H]C([2H])([2H])C(F)C(F)(F)F. The molecule has 0 saturated heterocycles. The van der Waals surface area contributed by atoms with Gasteiger partial charge in [-0.3, -0.25) is 0 Å². The smallest absolute Gasteiger partial charge is 0.238 e. The zero-order chi connectivity index (χ0) is 8.58. The van der Waals surface area contributed by atoms with Gasteiger partial charge in [0.1, 0.15) is 0 Å². The minimum Gasteiger partial charge on any atom is -0.238 e. The molecular weight excluding hydrogens is 112 g/mol. The summed E-state index contributed by atoms with van der Waals surface area (Å²) >= 11 is 0. The van der Waals surface area contributed by atoms with Gasteiger partial charge in [0.15, 0.2) is 6.17 Å². The van der Waals surface area contributed by atoms with Gasteiger partial charge in [-0.05, 0) is 6.85 Å². The van der Waals surface area contributed by atoms with Gasteiger partial charge < -0.3 is 0 Å². The number of alkyl halides is 4. The monoisotopic (exact) mass is 119 g/mol. The largest absolute Gasteiger partial charge is 0.419 e. The number of halogens is 4. The Balaban J connectivity index is 4.23. The van der Waals surface area contributed by atoms with Crippen LogP contribution in [0.5, 0.6) is 0 Å². The van der Waals surface area contributed by atoms with Crippen molar-refractivity contribution in [3.05, 3.63) is 0 Å². The van der Waals surface area contributed by atoms with Crippen molar-refractivity contribution >= 4 is 0 Å². The second kappa shape index (κ2) is 1.68. The maximum absolute atomic E-state index is 11.7. The van der Waals surface area contributed by atoms with Crippen LogP contribution >= 0.6 is 0 Å². The summed E-state index contributed by atoms with van der Waals surface area (Å²) in [6.07, 6.45) is -9.02. The highest BCUT2D eigenvalue weighted by atomic mass is 19.4. The van der Waals surface area contributed by atoms with Crippen LogP contribution in [0, 0.1) is 0 Å². The van der Waals surface area contributed by atoms with Gasteiger partial charge in [0.25, 0.3) is 0 Å². The Morgan fingerprint density at radius 3 is 2.00 bits per heavy atom. The molecular formula is C3H4F4. The van der Waals surface area contributed by atoms with Crippen LogP contribution in [0.1, 0.15) is 11.0 Å². The van der Waals surface area contributed by atoms with E-state index in [0.717, 1.165) is 0 Å². The third kappa shape index (κ3) is 2.42. The van der Waals surface area contributed by atoms with Crippen molar-refractivity contribution in [1.29, 1.82) is 0 Å². The summed E-state index contributed by atoms with van der Waals surface area (Å²) < 4.78 is 63.5. The van der Waals surface area contributed by atoms with E-state index in [2.05, 4.69) is 0 Å². The molecule has 0 rings (SSSR count). The molecule has 0 aromatic heterocycles. The van der Waals surface area contributed by atoms with Crippen molar-refractivity contribution in [1.82, 2.24) is 0 Å². The molecule has 0 aromatic carbocycles. The third-order valence-corrected chi connectivity index (χ3v) is 0.287. The summed E-state index contributed by atoms with van der Waals surface area (Å²) in [4.78, 5) is 0. The molecule has 1 unspecified atom stereocenters. The van der Waals surface area contributed by atoms with Crippen molar-refractivity contribution in [3.63, 3.8) is 0 Å². The zero-order valence-electron chi connectivity index (χ0n) is 6.09. The van der Waals surface area contributed by atoms with Gasteiger partial charge in [-0.1, -0.05) is 0 Å². The van der Waals surface area contributed by atoms with Crippen LogP contribution in [0.25, 0.3) is 0 Å². The first-order chi connectivity index (χ1) is 4.15. The minimum absolute atomic E-state index is 3.60. The normalized spacial score (nSPS) is 24.9. The van der Waals surface area contributed by atoms with Crippen LogP contribution in [0.3, 0.4) is 0 Å². The highest BCUT2D eigenvalue weighted by Gasteiger charge is 2.35. The number of hydrogen-bond acceptors (Lipinski definition) is 0. The highest BCUT2D eigenvalue weighted by Crippen LogP contribution is 2.21. The van der Waals surface area contributed by atoms with Crippen molar-refractivity contribution in [2.45, 2.75) is 19.2 Å². The predicted octanol–water partition coefficient (Wildman–Crippen LogP) is 1.91. The Hall–Kier alpha value is -0.280. The van der Waals surface area contributed by atoms with E-state index in [4.69, 9.17) is 4.11 Å². The fourth-order valence-electron chi connectivity index (χ4n) is 0. The molecule has 0 aliphatic heterocycles. The summed E-state index contributed by atoms with van der Waals surface area (Å²) in [5.41, 5.74) is 0. The molecule has 0 fully saturated rings. The van der Waals surface area contributed by atoms with Gasteiger partial charge in [-0.15, -0.1) is 0 Å². The molecule has 4 heteroatoms. The van der Waals surface area contributed by atoms with E-state index in [-0.39, 0.29) is 0 Å². The second-order valence-corrected chi connectivity index (χ2v) is 0.904. The molecule has 0 radical (unpaired) electrons. The second-order valence-electron chi connectivity index (χ2n) is 0.904. The van der Waals surface area contributed by atoms with E-state index in [1.807, 2.05) is 0 Å².